The summed E-state index contributed by atoms with van der Waals surface area (Å²) in [6.45, 7) is 5.97. The Morgan fingerprint density at radius 1 is 1.07 bits per heavy atom. The van der Waals surface area contributed by atoms with Crippen LogP contribution < -0.4 is 31.9 Å². The maximum atomic E-state index is 12.5. The summed E-state index contributed by atoms with van der Waals surface area (Å²) in [5.41, 5.74) is 0. The fraction of sp³-hybridized carbons (Fsp3) is 0.895. The van der Waals surface area contributed by atoms with Gasteiger partial charge in [-0.3, -0.25) is 15.4 Å². The number of carbonyl (C=O) groups is 2. The molecule has 6 unspecified atom stereocenters. The molecule has 3 aliphatic rings. The monoisotopic (exact) mass is 396 g/mol. The van der Waals surface area contributed by atoms with Crippen LogP contribution >= 0.6 is 0 Å². The van der Waals surface area contributed by atoms with Gasteiger partial charge in [-0.2, -0.15) is 0 Å². The zero-order chi connectivity index (χ0) is 19.9. The van der Waals surface area contributed by atoms with E-state index >= 15 is 0 Å². The standard InChI is InChI=1S/C19H36N6O3/c1-12-10-17(21-8-3-7-20-13(2)26)24-18(22-12)25-19(27)23-15-4-5-16-14(11-15)6-9-28-16/h12,14-18,21-22,24H,3-11H2,1-2H3,(H,20,26)(H2,23,25,27). The van der Waals surface area contributed by atoms with E-state index in [9.17, 15) is 9.59 Å². The second-order valence-corrected chi connectivity index (χ2v) is 8.33. The lowest BCUT2D eigenvalue weighted by Gasteiger charge is -2.37. The molecule has 28 heavy (non-hydrogen) atoms. The quantitative estimate of drug-likeness (QED) is 0.336. The SMILES string of the molecule is CC(=O)NCCCNC1CC(C)NC(NC(=O)NC2CCC3OCCC3C2)N1. The van der Waals surface area contributed by atoms with Gasteiger partial charge in [0.25, 0.3) is 0 Å². The molecular formula is C19H36N6O3. The third-order valence-corrected chi connectivity index (χ3v) is 5.87. The first-order chi connectivity index (χ1) is 13.5. The van der Waals surface area contributed by atoms with E-state index in [2.05, 4.69) is 38.8 Å². The minimum atomic E-state index is -0.275. The highest BCUT2D eigenvalue weighted by Gasteiger charge is 2.35. The van der Waals surface area contributed by atoms with Crippen molar-refractivity contribution in [3.8, 4) is 0 Å². The Labute approximate surface area is 167 Å². The van der Waals surface area contributed by atoms with Crippen molar-refractivity contribution in [1.82, 2.24) is 31.9 Å². The summed E-state index contributed by atoms with van der Waals surface area (Å²) in [5, 5.41) is 19.1. The molecule has 0 radical (unpaired) electrons. The predicted molar refractivity (Wildman–Crippen MR) is 106 cm³/mol. The van der Waals surface area contributed by atoms with E-state index in [1.165, 1.54) is 6.92 Å². The Hall–Kier alpha value is -1.42. The molecule has 9 heteroatoms. The number of urea groups is 1. The normalized spacial score (nSPS) is 35.1. The van der Waals surface area contributed by atoms with Gasteiger partial charge in [0, 0.05) is 32.2 Å². The number of hydrogen-bond donors (Lipinski definition) is 6. The first-order valence-corrected chi connectivity index (χ1v) is 10.7. The lowest BCUT2D eigenvalue weighted by molar-refractivity contribution is -0.118. The molecule has 0 aromatic rings. The Morgan fingerprint density at radius 3 is 2.75 bits per heavy atom. The maximum absolute atomic E-state index is 12.5. The van der Waals surface area contributed by atoms with Gasteiger partial charge in [0.05, 0.1) is 12.3 Å². The van der Waals surface area contributed by atoms with E-state index in [1.54, 1.807) is 0 Å². The molecule has 2 aliphatic heterocycles. The lowest BCUT2D eigenvalue weighted by Crippen LogP contribution is -2.68. The summed E-state index contributed by atoms with van der Waals surface area (Å²) < 4.78 is 5.74. The summed E-state index contributed by atoms with van der Waals surface area (Å²) >= 11 is 0. The number of rotatable bonds is 7. The van der Waals surface area contributed by atoms with Crippen molar-refractivity contribution in [3.63, 3.8) is 0 Å². The highest BCUT2D eigenvalue weighted by atomic mass is 16.5. The van der Waals surface area contributed by atoms with E-state index in [0.717, 1.165) is 51.7 Å². The average Bonchev–Trinajstić information content (AvgIpc) is 3.08. The second-order valence-electron chi connectivity index (χ2n) is 8.33. The fourth-order valence-corrected chi connectivity index (χ4v) is 4.50. The molecule has 3 rings (SSSR count). The number of amides is 3. The summed E-state index contributed by atoms with van der Waals surface area (Å²) in [6, 6.07) is 0.378. The molecule has 160 valence electrons. The minimum Gasteiger partial charge on any atom is -0.378 e. The van der Waals surface area contributed by atoms with Gasteiger partial charge in [-0.1, -0.05) is 0 Å². The van der Waals surface area contributed by atoms with Gasteiger partial charge in [0.15, 0.2) is 0 Å². The van der Waals surface area contributed by atoms with Gasteiger partial charge in [0.1, 0.15) is 6.29 Å². The van der Waals surface area contributed by atoms with Crippen molar-refractivity contribution in [2.75, 3.05) is 19.7 Å². The van der Waals surface area contributed by atoms with E-state index < -0.39 is 0 Å². The summed E-state index contributed by atoms with van der Waals surface area (Å²) in [7, 11) is 0. The van der Waals surface area contributed by atoms with Gasteiger partial charge in [-0.05, 0) is 57.9 Å². The molecule has 0 aromatic carbocycles. The van der Waals surface area contributed by atoms with Gasteiger partial charge >= 0.3 is 6.03 Å². The van der Waals surface area contributed by atoms with Crippen LogP contribution in [-0.4, -0.2) is 62.3 Å². The topological polar surface area (TPSA) is 116 Å². The number of nitrogens with one attached hydrogen (secondary N) is 6. The summed E-state index contributed by atoms with van der Waals surface area (Å²) in [4.78, 5) is 23.3. The molecular weight excluding hydrogens is 360 g/mol. The van der Waals surface area contributed by atoms with Crippen molar-refractivity contribution in [1.29, 1.82) is 0 Å². The maximum Gasteiger partial charge on any atom is 0.317 e. The smallest absolute Gasteiger partial charge is 0.317 e. The average molecular weight is 397 g/mol. The first kappa shape index (κ1) is 21.3. The molecule has 1 saturated carbocycles. The Kier molecular flexibility index (Phi) is 7.90. The summed E-state index contributed by atoms with van der Waals surface area (Å²) in [6.07, 6.45) is 6.18. The number of hydrogen-bond acceptors (Lipinski definition) is 6. The fourth-order valence-electron chi connectivity index (χ4n) is 4.50. The van der Waals surface area contributed by atoms with Crippen LogP contribution in [0.2, 0.25) is 0 Å². The van der Waals surface area contributed by atoms with Crippen LogP contribution in [0, 0.1) is 5.92 Å². The molecule has 2 saturated heterocycles. The number of fused-ring (bicyclic) bond motifs is 1. The third kappa shape index (κ3) is 6.58. The molecule has 1 aliphatic carbocycles. The van der Waals surface area contributed by atoms with Crippen LogP contribution in [-0.2, 0) is 9.53 Å². The van der Waals surface area contributed by atoms with Gasteiger partial charge in [-0.15, -0.1) is 0 Å². The lowest BCUT2D eigenvalue weighted by atomic mass is 9.83. The molecule has 0 bridgehead atoms. The highest BCUT2D eigenvalue weighted by molar-refractivity contribution is 5.74. The van der Waals surface area contributed by atoms with Crippen LogP contribution in [0.4, 0.5) is 4.79 Å². The molecule has 0 spiro atoms. The minimum absolute atomic E-state index is 0.00201. The Morgan fingerprint density at radius 2 is 1.93 bits per heavy atom. The van der Waals surface area contributed by atoms with Crippen molar-refractivity contribution < 1.29 is 14.3 Å². The van der Waals surface area contributed by atoms with Crippen molar-refractivity contribution in [3.05, 3.63) is 0 Å². The zero-order valence-electron chi connectivity index (χ0n) is 17.1. The van der Waals surface area contributed by atoms with Crippen molar-refractivity contribution in [2.24, 2.45) is 5.92 Å². The molecule has 2 heterocycles. The molecule has 3 fully saturated rings. The van der Waals surface area contributed by atoms with Crippen LogP contribution in [0.1, 0.15) is 52.4 Å². The molecule has 9 nitrogen and oxygen atoms in total. The first-order valence-electron chi connectivity index (χ1n) is 10.7. The van der Waals surface area contributed by atoms with Gasteiger partial charge in [0.2, 0.25) is 5.91 Å². The molecule has 6 atom stereocenters. The van der Waals surface area contributed by atoms with Gasteiger partial charge < -0.3 is 26.0 Å². The number of ether oxygens (including phenoxy) is 1. The van der Waals surface area contributed by atoms with Crippen LogP contribution in [0.3, 0.4) is 0 Å². The van der Waals surface area contributed by atoms with Gasteiger partial charge in [-0.25, -0.2) is 4.79 Å². The molecule has 3 amide bonds. The van der Waals surface area contributed by atoms with Crippen molar-refractivity contribution >= 4 is 11.9 Å². The third-order valence-electron chi connectivity index (χ3n) is 5.87. The highest BCUT2D eigenvalue weighted by Crippen LogP contribution is 2.34. The second kappa shape index (κ2) is 10.4. The Bertz CT molecular complexity index is 534. The summed E-state index contributed by atoms with van der Waals surface area (Å²) in [5.74, 6) is 0.592. The van der Waals surface area contributed by atoms with Crippen LogP contribution in [0.25, 0.3) is 0 Å². The van der Waals surface area contributed by atoms with E-state index in [-0.39, 0.29) is 36.5 Å². The predicted octanol–water partition coefficient (Wildman–Crippen LogP) is -0.0599. The molecule has 6 N–H and O–H groups in total. The molecule has 0 aromatic heterocycles. The van der Waals surface area contributed by atoms with Crippen LogP contribution in [0.15, 0.2) is 0 Å². The van der Waals surface area contributed by atoms with Crippen LogP contribution in [0.5, 0.6) is 0 Å². The van der Waals surface area contributed by atoms with E-state index in [0.29, 0.717) is 18.6 Å². The van der Waals surface area contributed by atoms with E-state index in [1.807, 2.05) is 0 Å². The van der Waals surface area contributed by atoms with Crippen molar-refractivity contribution in [2.45, 2.75) is 83.0 Å². The zero-order valence-corrected chi connectivity index (χ0v) is 17.1. The Balaban J connectivity index is 1.35. The largest absolute Gasteiger partial charge is 0.378 e. The van der Waals surface area contributed by atoms with E-state index in [4.69, 9.17) is 4.74 Å². The number of carbonyl (C=O) groups excluding carboxylic acids is 2.